The number of carboxylic acids is 1. The second-order valence-corrected chi connectivity index (χ2v) is 3.29. The SMILES string of the molecule is O=C(O)c1ccc([N+](=O)[O-])c(S)c1S. The monoisotopic (exact) mass is 231 g/mol. The molecule has 7 heteroatoms. The number of aromatic carboxylic acids is 1. The predicted molar refractivity (Wildman–Crippen MR) is 54.6 cm³/mol. The van der Waals surface area contributed by atoms with E-state index in [9.17, 15) is 14.9 Å². The Bertz CT molecular complexity index is 379. The van der Waals surface area contributed by atoms with Gasteiger partial charge in [0.15, 0.2) is 0 Å². The molecule has 0 saturated heterocycles. The van der Waals surface area contributed by atoms with Crippen LogP contribution >= 0.6 is 25.3 Å². The van der Waals surface area contributed by atoms with Gasteiger partial charge in [-0.05, 0) is 6.07 Å². The summed E-state index contributed by atoms with van der Waals surface area (Å²) in [6.45, 7) is 0. The van der Waals surface area contributed by atoms with Gasteiger partial charge in [0.2, 0.25) is 0 Å². The number of nitro benzene ring substituents is 1. The molecule has 0 heterocycles. The lowest BCUT2D eigenvalue weighted by Crippen LogP contribution is -2.00. The highest BCUT2D eigenvalue weighted by Gasteiger charge is 2.18. The first-order chi connectivity index (χ1) is 6.45. The van der Waals surface area contributed by atoms with Crippen molar-refractivity contribution in [3.63, 3.8) is 0 Å². The Kier molecular flexibility index (Phi) is 3.02. The van der Waals surface area contributed by atoms with E-state index in [2.05, 4.69) is 25.3 Å². The Morgan fingerprint density at radius 2 is 1.93 bits per heavy atom. The lowest BCUT2D eigenvalue weighted by molar-refractivity contribution is -0.388. The molecule has 0 aliphatic heterocycles. The summed E-state index contributed by atoms with van der Waals surface area (Å²) in [5.41, 5.74) is -0.368. The highest BCUT2D eigenvalue weighted by molar-refractivity contribution is 7.83. The molecule has 0 aromatic heterocycles. The Morgan fingerprint density at radius 3 is 2.36 bits per heavy atom. The molecule has 0 bridgehead atoms. The highest BCUT2D eigenvalue weighted by atomic mass is 32.1. The molecule has 0 radical (unpaired) electrons. The van der Waals surface area contributed by atoms with Crippen molar-refractivity contribution in [1.29, 1.82) is 0 Å². The number of rotatable bonds is 2. The average molecular weight is 231 g/mol. The normalized spacial score (nSPS) is 9.86. The van der Waals surface area contributed by atoms with E-state index in [-0.39, 0.29) is 21.0 Å². The van der Waals surface area contributed by atoms with E-state index in [0.29, 0.717) is 0 Å². The second-order valence-electron chi connectivity index (χ2n) is 2.39. The topological polar surface area (TPSA) is 80.4 Å². The van der Waals surface area contributed by atoms with Crippen LogP contribution in [0.3, 0.4) is 0 Å². The van der Waals surface area contributed by atoms with Gasteiger partial charge in [-0.15, -0.1) is 25.3 Å². The molecular formula is C7H5NO4S2. The van der Waals surface area contributed by atoms with Gasteiger partial charge in [-0.1, -0.05) is 0 Å². The van der Waals surface area contributed by atoms with Crippen molar-refractivity contribution >= 4 is 36.9 Å². The Hall–Kier alpha value is -1.21. The van der Waals surface area contributed by atoms with Crippen LogP contribution in [-0.2, 0) is 0 Å². The van der Waals surface area contributed by atoms with Gasteiger partial charge in [0, 0.05) is 11.0 Å². The van der Waals surface area contributed by atoms with Crippen LogP contribution < -0.4 is 0 Å². The quantitative estimate of drug-likeness (QED) is 0.412. The van der Waals surface area contributed by atoms with Crippen molar-refractivity contribution in [3.05, 3.63) is 27.8 Å². The van der Waals surface area contributed by atoms with E-state index in [0.717, 1.165) is 12.1 Å². The van der Waals surface area contributed by atoms with Gasteiger partial charge in [-0.2, -0.15) is 0 Å². The standard InChI is InChI=1S/C7H5NO4S2/c9-7(10)3-1-2-4(8(11)12)6(14)5(3)13/h1-2,13-14H,(H,9,10). The minimum atomic E-state index is -1.19. The van der Waals surface area contributed by atoms with Gasteiger partial charge >= 0.3 is 5.97 Å². The number of carbonyl (C=O) groups is 1. The molecule has 0 aliphatic carbocycles. The summed E-state index contributed by atoms with van der Waals surface area (Å²) in [7, 11) is 0. The Labute approximate surface area is 89.7 Å². The zero-order valence-electron chi connectivity index (χ0n) is 6.67. The van der Waals surface area contributed by atoms with Gasteiger partial charge < -0.3 is 5.11 Å². The van der Waals surface area contributed by atoms with Crippen LogP contribution in [0.2, 0.25) is 0 Å². The zero-order valence-corrected chi connectivity index (χ0v) is 8.46. The van der Waals surface area contributed by atoms with Crippen LogP contribution in [0.1, 0.15) is 10.4 Å². The third-order valence-corrected chi connectivity index (χ3v) is 2.65. The van der Waals surface area contributed by atoms with Crippen LogP contribution in [0.5, 0.6) is 0 Å². The maximum absolute atomic E-state index is 10.6. The summed E-state index contributed by atoms with van der Waals surface area (Å²) >= 11 is 7.69. The summed E-state index contributed by atoms with van der Waals surface area (Å²) < 4.78 is 0. The molecule has 0 fully saturated rings. The molecule has 0 aliphatic rings. The molecule has 1 aromatic carbocycles. The van der Waals surface area contributed by atoms with Gasteiger partial charge in [0.1, 0.15) is 0 Å². The molecule has 5 nitrogen and oxygen atoms in total. The minimum Gasteiger partial charge on any atom is -0.478 e. The maximum Gasteiger partial charge on any atom is 0.336 e. The molecule has 74 valence electrons. The van der Waals surface area contributed by atoms with Gasteiger partial charge in [-0.3, -0.25) is 10.1 Å². The lowest BCUT2D eigenvalue weighted by Gasteiger charge is -2.02. The molecule has 0 spiro atoms. The number of nitro groups is 1. The van der Waals surface area contributed by atoms with Crippen molar-refractivity contribution < 1.29 is 14.8 Å². The third-order valence-electron chi connectivity index (χ3n) is 1.56. The number of thiol groups is 2. The van der Waals surface area contributed by atoms with Gasteiger partial charge in [-0.25, -0.2) is 4.79 Å². The third kappa shape index (κ3) is 1.83. The van der Waals surface area contributed by atoms with Crippen molar-refractivity contribution in [2.75, 3.05) is 0 Å². The van der Waals surface area contributed by atoms with E-state index in [4.69, 9.17) is 5.11 Å². The number of benzene rings is 1. The van der Waals surface area contributed by atoms with Crippen LogP contribution in [0, 0.1) is 10.1 Å². The average Bonchev–Trinajstić information content (AvgIpc) is 2.08. The molecule has 1 rings (SSSR count). The molecule has 1 aromatic rings. The van der Waals surface area contributed by atoms with Crippen LogP contribution in [-0.4, -0.2) is 16.0 Å². The van der Waals surface area contributed by atoms with Gasteiger partial charge in [0.25, 0.3) is 5.69 Å². The molecule has 0 saturated carbocycles. The fraction of sp³-hybridized carbons (Fsp3) is 0. The Morgan fingerprint density at radius 1 is 1.36 bits per heavy atom. The fourth-order valence-electron chi connectivity index (χ4n) is 0.889. The number of carboxylic acid groups (broad SMARTS) is 1. The summed E-state index contributed by atoms with van der Waals surface area (Å²) in [6, 6.07) is 2.22. The second kappa shape index (κ2) is 3.89. The van der Waals surface area contributed by atoms with Crippen LogP contribution in [0.15, 0.2) is 21.9 Å². The van der Waals surface area contributed by atoms with E-state index in [1.165, 1.54) is 0 Å². The lowest BCUT2D eigenvalue weighted by atomic mass is 10.2. The number of hydrogen-bond donors (Lipinski definition) is 3. The summed E-state index contributed by atoms with van der Waals surface area (Å²) in [5.74, 6) is -1.19. The van der Waals surface area contributed by atoms with Crippen molar-refractivity contribution in [1.82, 2.24) is 0 Å². The van der Waals surface area contributed by atoms with Crippen molar-refractivity contribution in [3.8, 4) is 0 Å². The zero-order chi connectivity index (χ0) is 10.9. The molecule has 1 N–H and O–H groups in total. The first-order valence-electron chi connectivity index (χ1n) is 3.37. The van der Waals surface area contributed by atoms with E-state index in [1.54, 1.807) is 0 Å². The van der Waals surface area contributed by atoms with Crippen molar-refractivity contribution in [2.45, 2.75) is 9.79 Å². The van der Waals surface area contributed by atoms with E-state index in [1.807, 2.05) is 0 Å². The van der Waals surface area contributed by atoms with Crippen LogP contribution in [0.4, 0.5) is 5.69 Å². The largest absolute Gasteiger partial charge is 0.478 e. The fourth-order valence-corrected chi connectivity index (χ4v) is 1.45. The summed E-state index contributed by atoms with van der Waals surface area (Å²) in [5, 5.41) is 19.1. The Balaban J connectivity index is 3.41. The number of nitrogens with zero attached hydrogens (tertiary/aromatic N) is 1. The first-order valence-corrected chi connectivity index (χ1v) is 4.27. The summed E-state index contributed by atoms with van der Waals surface area (Å²) in [6.07, 6.45) is 0. The summed E-state index contributed by atoms with van der Waals surface area (Å²) in [4.78, 5) is 20.3. The first kappa shape index (κ1) is 10.9. The van der Waals surface area contributed by atoms with E-state index < -0.39 is 10.9 Å². The minimum absolute atomic E-state index is 0.00460. The predicted octanol–water partition coefficient (Wildman–Crippen LogP) is 1.87. The number of hydrogen-bond acceptors (Lipinski definition) is 5. The van der Waals surface area contributed by atoms with Crippen molar-refractivity contribution in [2.24, 2.45) is 0 Å². The van der Waals surface area contributed by atoms with E-state index >= 15 is 0 Å². The van der Waals surface area contributed by atoms with Gasteiger partial charge in [0.05, 0.1) is 15.4 Å². The smallest absolute Gasteiger partial charge is 0.336 e. The maximum atomic E-state index is 10.6. The molecule has 0 amide bonds. The molecule has 0 unspecified atom stereocenters. The molecule has 14 heavy (non-hydrogen) atoms. The highest BCUT2D eigenvalue weighted by Crippen LogP contribution is 2.31. The molecular weight excluding hydrogens is 226 g/mol. The van der Waals surface area contributed by atoms with Crippen LogP contribution in [0.25, 0.3) is 0 Å². The molecule has 0 atom stereocenters.